The van der Waals surface area contributed by atoms with Crippen molar-refractivity contribution < 1.29 is 26.7 Å². The number of hydrogen-bond acceptors (Lipinski definition) is 5. The van der Waals surface area contributed by atoms with Crippen LogP contribution in [0.15, 0.2) is 0 Å². The summed E-state index contributed by atoms with van der Waals surface area (Å²) in [6, 6.07) is 0. The largest absolute Gasteiger partial charge is 0.481 e. The van der Waals surface area contributed by atoms with Gasteiger partial charge in [0.25, 0.3) is 0 Å². The minimum absolute atomic E-state index is 0.0326. The molecule has 0 aromatic carbocycles. The van der Waals surface area contributed by atoms with Crippen LogP contribution in [0.4, 0.5) is 0 Å². The predicted octanol–water partition coefficient (Wildman–Crippen LogP) is -0.689. The number of carboxylic acids is 1. The molecule has 0 amide bonds. The van der Waals surface area contributed by atoms with Crippen molar-refractivity contribution in [2.24, 2.45) is 11.3 Å². The van der Waals surface area contributed by atoms with E-state index in [0.717, 1.165) is 0 Å². The topological polar surface area (TPSA) is 106 Å². The maximum absolute atomic E-state index is 11.5. The lowest BCUT2D eigenvalue weighted by Crippen LogP contribution is -2.40. The van der Waals surface area contributed by atoms with E-state index >= 15 is 0 Å². The maximum atomic E-state index is 11.5. The van der Waals surface area contributed by atoms with Crippen LogP contribution in [-0.2, 0) is 24.5 Å². The molecular formula is C9H14O6S2. The molecule has 2 aliphatic rings. The van der Waals surface area contributed by atoms with Crippen molar-refractivity contribution in [1.29, 1.82) is 0 Å². The molecule has 2 unspecified atom stereocenters. The lowest BCUT2D eigenvalue weighted by molar-refractivity contribution is -0.150. The second kappa shape index (κ2) is 3.68. The Morgan fingerprint density at radius 1 is 1.12 bits per heavy atom. The van der Waals surface area contributed by atoms with Gasteiger partial charge in [0.1, 0.15) is 0 Å². The van der Waals surface area contributed by atoms with Crippen LogP contribution in [0, 0.1) is 11.3 Å². The van der Waals surface area contributed by atoms with Crippen LogP contribution >= 0.6 is 0 Å². The Morgan fingerprint density at radius 3 is 2.12 bits per heavy atom. The van der Waals surface area contributed by atoms with Gasteiger partial charge >= 0.3 is 5.97 Å². The monoisotopic (exact) mass is 282 g/mol. The van der Waals surface area contributed by atoms with Gasteiger partial charge in [-0.3, -0.25) is 4.79 Å². The van der Waals surface area contributed by atoms with Crippen molar-refractivity contribution in [3.8, 4) is 0 Å². The van der Waals surface area contributed by atoms with Gasteiger partial charge in [-0.15, -0.1) is 0 Å². The lowest BCUT2D eigenvalue weighted by Gasteiger charge is -2.28. The SMILES string of the molecule is O=C(O)C1(C2CCS(=O)(=O)C2)CCS(=O)(=O)C1. The van der Waals surface area contributed by atoms with E-state index in [0.29, 0.717) is 0 Å². The zero-order chi connectivity index (χ0) is 12.9. The van der Waals surface area contributed by atoms with Gasteiger partial charge in [-0.2, -0.15) is 0 Å². The molecule has 2 aliphatic heterocycles. The fraction of sp³-hybridized carbons (Fsp3) is 0.889. The zero-order valence-electron chi connectivity index (χ0n) is 9.12. The number of sulfone groups is 2. The highest BCUT2D eigenvalue weighted by Gasteiger charge is 2.55. The third-order valence-corrected chi connectivity index (χ3v) is 7.33. The third-order valence-electron chi connectivity index (χ3n) is 3.78. The summed E-state index contributed by atoms with van der Waals surface area (Å²) < 4.78 is 45.7. The van der Waals surface area contributed by atoms with Gasteiger partial charge in [-0.25, -0.2) is 16.8 Å². The van der Waals surface area contributed by atoms with E-state index in [9.17, 15) is 26.7 Å². The molecule has 2 saturated heterocycles. The lowest BCUT2D eigenvalue weighted by atomic mass is 9.75. The molecule has 0 spiro atoms. The fourth-order valence-corrected chi connectivity index (χ4v) is 6.79. The first-order valence-corrected chi connectivity index (χ1v) is 8.95. The smallest absolute Gasteiger partial charge is 0.311 e. The normalized spacial score (nSPS) is 39.2. The van der Waals surface area contributed by atoms with E-state index in [1.165, 1.54) is 0 Å². The van der Waals surface area contributed by atoms with Gasteiger partial charge < -0.3 is 5.11 Å². The Labute approximate surface area is 99.9 Å². The minimum Gasteiger partial charge on any atom is -0.481 e. The van der Waals surface area contributed by atoms with E-state index < -0.39 is 42.7 Å². The summed E-state index contributed by atoms with van der Waals surface area (Å²) in [7, 11) is -6.55. The summed E-state index contributed by atoms with van der Waals surface area (Å²) in [6.45, 7) is 0. The van der Waals surface area contributed by atoms with Crippen molar-refractivity contribution >= 4 is 25.6 Å². The zero-order valence-corrected chi connectivity index (χ0v) is 10.8. The van der Waals surface area contributed by atoms with Crippen LogP contribution < -0.4 is 0 Å². The predicted molar refractivity (Wildman–Crippen MR) is 60.1 cm³/mol. The second-order valence-electron chi connectivity index (χ2n) is 4.90. The van der Waals surface area contributed by atoms with Crippen molar-refractivity contribution in [3.05, 3.63) is 0 Å². The van der Waals surface area contributed by atoms with Crippen molar-refractivity contribution in [2.75, 3.05) is 23.0 Å². The molecule has 0 aromatic rings. The highest BCUT2D eigenvalue weighted by atomic mass is 32.2. The summed E-state index contributed by atoms with van der Waals surface area (Å²) in [6.07, 6.45) is 0.287. The van der Waals surface area contributed by atoms with Crippen LogP contribution in [0.5, 0.6) is 0 Å². The van der Waals surface area contributed by atoms with E-state index in [2.05, 4.69) is 0 Å². The molecule has 8 heteroatoms. The van der Waals surface area contributed by atoms with E-state index in [1.54, 1.807) is 0 Å². The first-order valence-electron chi connectivity index (χ1n) is 5.31. The summed E-state index contributed by atoms with van der Waals surface area (Å²) in [5.41, 5.74) is -1.39. The molecule has 0 bridgehead atoms. The molecule has 6 nitrogen and oxygen atoms in total. The highest BCUT2D eigenvalue weighted by molar-refractivity contribution is 7.92. The van der Waals surface area contributed by atoms with Gasteiger partial charge in [0, 0.05) is 0 Å². The molecule has 0 aromatic heterocycles. The first-order chi connectivity index (χ1) is 7.67. The Morgan fingerprint density at radius 2 is 1.76 bits per heavy atom. The molecule has 0 saturated carbocycles. The molecule has 0 aliphatic carbocycles. The van der Waals surface area contributed by atoms with Gasteiger partial charge in [-0.05, 0) is 18.8 Å². The van der Waals surface area contributed by atoms with Crippen LogP contribution in [0.25, 0.3) is 0 Å². The maximum Gasteiger partial charge on any atom is 0.311 e. The number of carbonyl (C=O) groups is 1. The molecular weight excluding hydrogens is 268 g/mol. The van der Waals surface area contributed by atoms with Crippen molar-refractivity contribution in [1.82, 2.24) is 0 Å². The van der Waals surface area contributed by atoms with E-state index in [-0.39, 0.29) is 30.1 Å². The summed E-state index contributed by atoms with van der Waals surface area (Å²) in [5, 5.41) is 9.27. The molecule has 2 heterocycles. The fourth-order valence-electron chi connectivity index (χ4n) is 2.77. The van der Waals surface area contributed by atoms with Gasteiger partial charge in [0.05, 0.1) is 28.4 Å². The standard InChI is InChI=1S/C9H14O6S2/c10-8(11)9(2-4-17(14,15)6-9)7-1-3-16(12,13)5-7/h7H,1-6H2,(H,10,11). The Kier molecular flexibility index (Phi) is 2.77. The number of aliphatic carboxylic acids is 1. The quantitative estimate of drug-likeness (QED) is 0.718. The van der Waals surface area contributed by atoms with Gasteiger partial charge in [0.15, 0.2) is 19.7 Å². The van der Waals surface area contributed by atoms with Crippen LogP contribution in [0.1, 0.15) is 12.8 Å². The number of carboxylic acid groups (broad SMARTS) is 1. The third kappa shape index (κ3) is 2.20. The molecule has 2 rings (SSSR count). The molecule has 2 atom stereocenters. The van der Waals surface area contributed by atoms with Crippen molar-refractivity contribution in [2.45, 2.75) is 12.8 Å². The summed E-state index contributed by atoms with van der Waals surface area (Å²) in [5.74, 6) is -2.56. The Hall–Kier alpha value is -0.630. The molecule has 98 valence electrons. The number of rotatable bonds is 2. The second-order valence-corrected chi connectivity index (χ2v) is 9.32. The van der Waals surface area contributed by atoms with Crippen LogP contribution in [0.3, 0.4) is 0 Å². The first kappa shape index (κ1) is 12.8. The number of hydrogen-bond donors (Lipinski definition) is 1. The Balaban J connectivity index is 2.35. The molecule has 17 heavy (non-hydrogen) atoms. The van der Waals surface area contributed by atoms with E-state index in [4.69, 9.17) is 0 Å². The van der Waals surface area contributed by atoms with Crippen molar-refractivity contribution in [3.63, 3.8) is 0 Å². The average molecular weight is 282 g/mol. The van der Waals surface area contributed by atoms with Gasteiger partial charge in [0.2, 0.25) is 0 Å². The average Bonchev–Trinajstić information content (AvgIpc) is 2.67. The van der Waals surface area contributed by atoms with Crippen LogP contribution in [-0.4, -0.2) is 50.9 Å². The highest BCUT2D eigenvalue weighted by Crippen LogP contribution is 2.44. The summed E-state index contributed by atoms with van der Waals surface area (Å²) in [4.78, 5) is 11.4. The van der Waals surface area contributed by atoms with Crippen LogP contribution in [0.2, 0.25) is 0 Å². The van der Waals surface area contributed by atoms with E-state index in [1.807, 2.05) is 0 Å². The minimum atomic E-state index is -3.35. The molecule has 1 N–H and O–H groups in total. The molecule has 0 radical (unpaired) electrons. The molecule has 2 fully saturated rings. The van der Waals surface area contributed by atoms with Gasteiger partial charge in [-0.1, -0.05) is 0 Å². The summed E-state index contributed by atoms with van der Waals surface area (Å²) >= 11 is 0. The Bertz CT molecular complexity index is 546.